The molecule has 0 aromatic carbocycles. The van der Waals surface area contributed by atoms with Crippen LogP contribution in [0.2, 0.25) is 0 Å². The second kappa shape index (κ2) is 10.4. The van der Waals surface area contributed by atoms with Gasteiger partial charge in [-0.25, -0.2) is 14.4 Å². The van der Waals surface area contributed by atoms with Crippen molar-refractivity contribution in [2.45, 2.75) is 27.4 Å². The lowest BCUT2D eigenvalue weighted by Gasteiger charge is -2.08. The SMILES string of the molecule is Cc1oc(=O)oc1COC(=O)SCCNC(=O)OCOC(=O)C(C)C. The fourth-order valence-corrected chi connectivity index (χ4v) is 1.83. The van der Waals surface area contributed by atoms with Crippen LogP contribution in [0.25, 0.3) is 0 Å². The van der Waals surface area contributed by atoms with Crippen LogP contribution in [0, 0.1) is 12.8 Å². The average Bonchev–Trinajstić information content (AvgIpc) is 2.87. The van der Waals surface area contributed by atoms with Gasteiger partial charge < -0.3 is 28.4 Å². The Kier molecular flexibility index (Phi) is 8.61. The molecule has 0 aliphatic carbocycles. The molecule has 0 unspecified atom stereocenters. The van der Waals surface area contributed by atoms with Crippen molar-refractivity contribution in [3.8, 4) is 0 Å². The molecule has 0 radical (unpaired) electrons. The molecule has 1 amide bonds. The summed E-state index contributed by atoms with van der Waals surface area (Å²) in [5, 5.41) is 1.76. The number of rotatable bonds is 8. The maximum absolute atomic E-state index is 11.5. The predicted molar refractivity (Wildman–Crippen MR) is 84.9 cm³/mol. The maximum Gasteiger partial charge on any atom is 0.519 e. The van der Waals surface area contributed by atoms with Gasteiger partial charge in [0, 0.05) is 12.3 Å². The average molecular weight is 377 g/mol. The van der Waals surface area contributed by atoms with E-state index in [1.807, 2.05) is 0 Å². The molecule has 25 heavy (non-hydrogen) atoms. The fourth-order valence-electron chi connectivity index (χ4n) is 1.32. The molecule has 140 valence electrons. The topological polar surface area (TPSA) is 134 Å². The number of ether oxygens (including phenoxy) is 3. The van der Waals surface area contributed by atoms with Crippen LogP contribution in [0.5, 0.6) is 0 Å². The van der Waals surface area contributed by atoms with Gasteiger partial charge in [0.2, 0.25) is 6.79 Å². The van der Waals surface area contributed by atoms with Crippen molar-refractivity contribution in [1.82, 2.24) is 5.32 Å². The molecule has 1 aromatic rings. The van der Waals surface area contributed by atoms with E-state index in [1.165, 1.54) is 6.92 Å². The number of carbonyl (C=O) groups is 3. The summed E-state index contributed by atoms with van der Waals surface area (Å²) in [6.45, 7) is 4.25. The molecule has 0 atom stereocenters. The number of hydrogen-bond donors (Lipinski definition) is 1. The molecule has 1 aromatic heterocycles. The Hall–Kier alpha value is -2.43. The zero-order valence-electron chi connectivity index (χ0n) is 14.0. The molecule has 0 aliphatic rings. The summed E-state index contributed by atoms with van der Waals surface area (Å²) in [5.41, 5.74) is 0. The van der Waals surface area contributed by atoms with E-state index in [0.717, 1.165) is 11.8 Å². The minimum Gasteiger partial charge on any atom is -0.449 e. The summed E-state index contributed by atoms with van der Waals surface area (Å²) >= 11 is 0.816. The summed E-state index contributed by atoms with van der Waals surface area (Å²) in [7, 11) is 0. The van der Waals surface area contributed by atoms with Gasteiger partial charge in [0.1, 0.15) is 0 Å². The number of carbonyl (C=O) groups excluding carboxylic acids is 3. The Morgan fingerprint density at radius 1 is 1.16 bits per heavy atom. The second-order valence-corrected chi connectivity index (χ2v) is 5.95. The van der Waals surface area contributed by atoms with E-state index in [-0.39, 0.29) is 36.3 Å². The van der Waals surface area contributed by atoms with Gasteiger partial charge in [0.25, 0.3) is 0 Å². The number of nitrogens with one attached hydrogen (secondary N) is 1. The van der Waals surface area contributed by atoms with E-state index in [2.05, 4.69) is 23.6 Å². The van der Waals surface area contributed by atoms with Gasteiger partial charge in [-0.05, 0) is 18.7 Å². The second-order valence-electron chi connectivity index (χ2n) is 4.92. The lowest BCUT2D eigenvalue weighted by atomic mass is 10.2. The van der Waals surface area contributed by atoms with Crippen molar-refractivity contribution in [2.24, 2.45) is 5.92 Å². The molecule has 11 heteroatoms. The van der Waals surface area contributed by atoms with Crippen LogP contribution in [0.15, 0.2) is 13.6 Å². The van der Waals surface area contributed by atoms with Crippen LogP contribution in [-0.2, 0) is 25.6 Å². The highest BCUT2D eigenvalue weighted by Gasteiger charge is 2.12. The molecular formula is C14H19NO9S. The van der Waals surface area contributed by atoms with Crippen molar-refractivity contribution in [2.75, 3.05) is 19.1 Å². The third-order valence-electron chi connectivity index (χ3n) is 2.61. The zero-order valence-corrected chi connectivity index (χ0v) is 14.8. The van der Waals surface area contributed by atoms with E-state index >= 15 is 0 Å². The molecule has 1 N–H and O–H groups in total. The first-order chi connectivity index (χ1) is 11.8. The van der Waals surface area contributed by atoms with Gasteiger partial charge in [-0.1, -0.05) is 13.8 Å². The van der Waals surface area contributed by atoms with Crippen LogP contribution < -0.4 is 11.1 Å². The van der Waals surface area contributed by atoms with E-state index in [0.29, 0.717) is 0 Å². The lowest BCUT2D eigenvalue weighted by Crippen LogP contribution is -2.28. The van der Waals surface area contributed by atoms with Crippen LogP contribution in [-0.4, -0.2) is 36.5 Å². The highest BCUT2D eigenvalue weighted by Crippen LogP contribution is 2.10. The van der Waals surface area contributed by atoms with E-state index in [1.54, 1.807) is 13.8 Å². The quantitative estimate of drug-likeness (QED) is 0.406. The molecule has 0 bridgehead atoms. The highest BCUT2D eigenvalue weighted by atomic mass is 32.2. The van der Waals surface area contributed by atoms with Crippen molar-refractivity contribution in [1.29, 1.82) is 0 Å². The summed E-state index contributed by atoms with van der Waals surface area (Å²) in [6, 6.07) is 0. The Labute approximate surface area is 147 Å². The largest absolute Gasteiger partial charge is 0.519 e. The molecule has 0 aliphatic heterocycles. The number of esters is 1. The number of alkyl carbamates (subject to hydrolysis) is 1. The molecule has 1 rings (SSSR count). The number of aryl methyl sites for hydroxylation is 1. The third-order valence-corrected chi connectivity index (χ3v) is 3.37. The lowest BCUT2D eigenvalue weighted by molar-refractivity contribution is -0.155. The predicted octanol–water partition coefficient (Wildman–Crippen LogP) is 1.79. The van der Waals surface area contributed by atoms with E-state index < -0.39 is 30.0 Å². The van der Waals surface area contributed by atoms with Gasteiger partial charge in [0.05, 0.1) is 5.92 Å². The number of amides is 1. The van der Waals surface area contributed by atoms with Gasteiger partial charge in [-0.15, -0.1) is 0 Å². The Morgan fingerprint density at radius 2 is 1.88 bits per heavy atom. The molecule has 0 saturated heterocycles. The van der Waals surface area contributed by atoms with Crippen LogP contribution in [0.3, 0.4) is 0 Å². The normalized spacial score (nSPS) is 10.4. The van der Waals surface area contributed by atoms with Crippen molar-refractivity contribution >= 4 is 29.1 Å². The summed E-state index contributed by atoms with van der Waals surface area (Å²) in [5.74, 6) is -1.05. The molecule has 0 spiro atoms. The Balaban J connectivity index is 2.09. The summed E-state index contributed by atoms with van der Waals surface area (Å²) in [6.07, 6.45) is -0.777. The molecule has 10 nitrogen and oxygen atoms in total. The van der Waals surface area contributed by atoms with Gasteiger partial charge in [0.15, 0.2) is 18.1 Å². The first-order valence-corrected chi connectivity index (χ1v) is 8.24. The first-order valence-electron chi connectivity index (χ1n) is 7.25. The van der Waals surface area contributed by atoms with Crippen molar-refractivity contribution in [3.05, 3.63) is 22.1 Å². The monoisotopic (exact) mass is 377 g/mol. The smallest absolute Gasteiger partial charge is 0.449 e. The third kappa shape index (κ3) is 8.29. The standard InChI is InChI=1S/C14H19NO9S/c1-8(2)11(16)21-7-22-12(17)15-4-5-25-14(19)20-6-10-9(3)23-13(18)24-10/h8H,4-7H2,1-3H3,(H,15,17). The number of hydrogen-bond acceptors (Lipinski definition) is 10. The molecule has 1 heterocycles. The van der Waals surface area contributed by atoms with E-state index in [4.69, 9.17) is 4.74 Å². The highest BCUT2D eigenvalue weighted by molar-refractivity contribution is 8.13. The fraction of sp³-hybridized carbons (Fsp3) is 0.571. The molecule has 0 fully saturated rings. The Bertz CT molecular complexity index is 649. The molecular weight excluding hydrogens is 358 g/mol. The van der Waals surface area contributed by atoms with Gasteiger partial charge >= 0.3 is 23.2 Å². The van der Waals surface area contributed by atoms with Crippen LogP contribution in [0.1, 0.15) is 25.4 Å². The zero-order chi connectivity index (χ0) is 18.8. The van der Waals surface area contributed by atoms with Crippen LogP contribution >= 0.6 is 11.8 Å². The van der Waals surface area contributed by atoms with Crippen molar-refractivity contribution in [3.63, 3.8) is 0 Å². The minimum absolute atomic E-state index is 0.135. The first kappa shape index (κ1) is 20.6. The molecule has 0 saturated carbocycles. The maximum atomic E-state index is 11.5. The number of thioether (sulfide) groups is 1. The van der Waals surface area contributed by atoms with Crippen LogP contribution in [0.4, 0.5) is 9.59 Å². The summed E-state index contributed by atoms with van der Waals surface area (Å²) < 4.78 is 23.4. The minimum atomic E-state index is -0.863. The summed E-state index contributed by atoms with van der Waals surface area (Å²) in [4.78, 5) is 44.7. The Morgan fingerprint density at radius 3 is 2.48 bits per heavy atom. The van der Waals surface area contributed by atoms with Gasteiger partial charge in [-0.2, -0.15) is 0 Å². The van der Waals surface area contributed by atoms with E-state index in [9.17, 15) is 19.2 Å². The van der Waals surface area contributed by atoms with Gasteiger partial charge in [-0.3, -0.25) is 4.79 Å². The van der Waals surface area contributed by atoms with Crippen molar-refractivity contribution < 1.29 is 37.4 Å².